The van der Waals surface area contributed by atoms with Gasteiger partial charge in [0.15, 0.2) is 0 Å². The summed E-state index contributed by atoms with van der Waals surface area (Å²) >= 11 is 5.03. The maximum atomic E-state index is 11.9. The van der Waals surface area contributed by atoms with Crippen LogP contribution in [0.5, 0.6) is 0 Å². The van der Waals surface area contributed by atoms with Crippen LogP contribution in [0.3, 0.4) is 0 Å². The van der Waals surface area contributed by atoms with Crippen LogP contribution in [0.1, 0.15) is 19.4 Å². The van der Waals surface area contributed by atoms with E-state index in [2.05, 4.69) is 15.9 Å². The van der Waals surface area contributed by atoms with Crippen molar-refractivity contribution in [2.75, 3.05) is 7.05 Å². The van der Waals surface area contributed by atoms with E-state index in [-0.39, 0.29) is 30.3 Å². The molecule has 0 aliphatic rings. The highest BCUT2D eigenvalue weighted by Crippen LogP contribution is 2.21. The van der Waals surface area contributed by atoms with Gasteiger partial charge in [0, 0.05) is 19.6 Å². The van der Waals surface area contributed by atoms with Crippen LogP contribution in [0.25, 0.3) is 0 Å². The van der Waals surface area contributed by atoms with Crippen molar-refractivity contribution in [1.29, 1.82) is 0 Å². The average molecular weight is 342 g/mol. The number of hydrogen-bond donors (Lipinski definition) is 1. The van der Waals surface area contributed by atoms with Crippen LogP contribution in [0, 0.1) is 5.92 Å². The average Bonchev–Trinajstić information content (AvgIpc) is 2.61. The fraction of sp³-hybridized carbons (Fsp3) is 0.545. The van der Waals surface area contributed by atoms with Crippen molar-refractivity contribution in [3.63, 3.8) is 0 Å². The summed E-state index contributed by atoms with van der Waals surface area (Å²) in [5, 5.41) is 2.05. The fourth-order valence-electron chi connectivity index (χ4n) is 1.35. The lowest BCUT2D eigenvalue weighted by Gasteiger charge is -2.23. The molecule has 1 aromatic rings. The second-order valence-corrected chi connectivity index (χ2v) is 6.39. The van der Waals surface area contributed by atoms with E-state index in [9.17, 15) is 4.79 Å². The Bertz CT molecular complexity index is 370. The van der Waals surface area contributed by atoms with E-state index in [0.29, 0.717) is 6.54 Å². The molecule has 2 unspecified atom stereocenters. The Hall–Kier alpha value is -0.100. The monoisotopic (exact) mass is 340 g/mol. The van der Waals surface area contributed by atoms with Gasteiger partial charge in [0.2, 0.25) is 5.91 Å². The first-order valence-electron chi connectivity index (χ1n) is 5.15. The molecule has 1 amide bonds. The summed E-state index contributed by atoms with van der Waals surface area (Å²) in [5.41, 5.74) is 6.86. The quantitative estimate of drug-likeness (QED) is 0.915. The molecule has 2 N–H and O–H groups in total. The van der Waals surface area contributed by atoms with E-state index < -0.39 is 0 Å². The number of nitrogens with zero attached hydrogens (tertiary/aromatic N) is 1. The van der Waals surface area contributed by atoms with E-state index in [1.54, 1.807) is 16.2 Å². The molecule has 1 rings (SSSR count). The van der Waals surface area contributed by atoms with E-state index in [0.717, 1.165) is 9.35 Å². The predicted octanol–water partition coefficient (Wildman–Crippen LogP) is 2.87. The molecule has 0 aromatic carbocycles. The molecule has 0 fully saturated rings. The number of carbonyl (C=O) groups is 1. The summed E-state index contributed by atoms with van der Waals surface area (Å²) in [6, 6.07) is 1.93. The number of halogens is 2. The molecule has 1 aromatic heterocycles. The molecule has 0 saturated heterocycles. The summed E-state index contributed by atoms with van der Waals surface area (Å²) in [7, 11) is 1.81. The highest BCUT2D eigenvalue weighted by molar-refractivity contribution is 9.11. The van der Waals surface area contributed by atoms with Gasteiger partial charge in [-0.05, 0) is 39.9 Å². The standard InChI is InChI=1S/C11H17BrN2OS.ClH/c1-7(8(2)13)11(15)14(3)5-9-4-10(12)16-6-9;/h4,6-8H,5,13H2,1-3H3;1H. The van der Waals surface area contributed by atoms with Crippen LogP contribution in [0.4, 0.5) is 0 Å². The van der Waals surface area contributed by atoms with Gasteiger partial charge in [0.1, 0.15) is 0 Å². The number of amides is 1. The fourth-order valence-corrected chi connectivity index (χ4v) is 2.55. The second kappa shape index (κ2) is 7.36. The Morgan fingerprint density at radius 1 is 1.59 bits per heavy atom. The van der Waals surface area contributed by atoms with Crippen molar-refractivity contribution >= 4 is 45.6 Å². The van der Waals surface area contributed by atoms with Gasteiger partial charge in [0.05, 0.1) is 9.70 Å². The molecule has 98 valence electrons. The molecule has 0 spiro atoms. The summed E-state index contributed by atoms with van der Waals surface area (Å²) in [5.74, 6) is -0.0376. The topological polar surface area (TPSA) is 46.3 Å². The molecule has 0 saturated carbocycles. The van der Waals surface area contributed by atoms with Crippen molar-refractivity contribution in [1.82, 2.24) is 4.90 Å². The minimum absolute atomic E-state index is 0. The lowest BCUT2D eigenvalue weighted by atomic mass is 10.0. The largest absolute Gasteiger partial charge is 0.341 e. The molecular formula is C11H18BrClN2OS. The third kappa shape index (κ3) is 4.95. The van der Waals surface area contributed by atoms with Crippen molar-refractivity contribution < 1.29 is 4.79 Å². The molecule has 0 bridgehead atoms. The Morgan fingerprint density at radius 2 is 2.18 bits per heavy atom. The van der Waals surface area contributed by atoms with Crippen molar-refractivity contribution in [3.05, 3.63) is 20.8 Å². The number of hydrogen-bond acceptors (Lipinski definition) is 3. The molecule has 2 atom stereocenters. The first-order valence-corrected chi connectivity index (χ1v) is 6.82. The van der Waals surface area contributed by atoms with Crippen LogP contribution in [-0.4, -0.2) is 23.9 Å². The Balaban J connectivity index is 0.00000256. The zero-order valence-corrected chi connectivity index (χ0v) is 13.4. The SMILES string of the molecule is CC(N)C(C)C(=O)N(C)Cc1csc(Br)c1.Cl. The molecule has 17 heavy (non-hydrogen) atoms. The maximum absolute atomic E-state index is 11.9. The Kier molecular flexibility index (Phi) is 7.32. The highest BCUT2D eigenvalue weighted by Gasteiger charge is 2.20. The van der Waals surface area contributed by atoms with Gasteiger partial charge >= 0.3 is 0 Å². The highest BCUT2D eigenvalue weighted by atomic mass is 79.9. The first-order chi connectivity index (χ1) is 7.41. The molecule has 0 aliphatic heterocycles. The van der Waals surface area contributed by atoms with Crippen molar-refractivity contribution in [3.8, 4) is 0 Å². The number of nitrogens with two attached hydrogens (primary N) is 1. The zero-order valence-electron chi connectivity index (χ0n) is 10.1. The smallest absolute Gasteiger partial charge is 0.226 e. The zero-order chi connectivity index (χ0) is 12.3. The number of carbonyl (C=O) groups excluding carboxylic acids is 1. The lowest BCUT2D eigenvalue weighted by molar-refractivity contribution is -0.134. The summed E-state index contributed by atoms with van der Waals surface area (Å²) in [4.78, 5) is 13.7. The van der Waals surface area contributed by atoms with Gasteiger partial charge in [-0.15, -0.1) is 23.7 Å². The molecule has 0 radical (unpaired) electrons. The molecule has 3 nitrogen and oxygen atoms in total. The second-order valence-electron chi connectivity index (χ2n) is 4.10. The Labute approximate surface area is 121 Å². The van der Waals surface area contributed by atoms with Gasteiger partial charge in [-0.2, -0.15) is 0 Å². The van der Waals surface area contributed by atoms with Crippen molar-refractivity contribution in [2.45, 2.75) is 26.4 Å². The third-order valence-corrected chi connectivity index (χ3v) is 4.15. The van der Waals surface area contributed by atoms with Crippen LogP contribution >= 0.6 is 39.7 Å². The van der Waals surface area contributed by atoms with Gasteiger partial charge in [-0.3, -0.25) is 4.79 Å². The molecule has 6 heteroatoms. The van der Waals surface area contributed by atoms with Gasteiger partial charge in [-0.1, -0.05) is 6.92 Å². The third-order valence-electron chi connectivity index (χ3n) is 2.60. The van der Waals surface area contributed by atoms with Gasteiger partial charge < -0.3 is 10.6 Å². The number of thiophene rings is 1. The van der Waals surface area contributed by atoms with E-state index in [4.69, 9.17) is 5.73 Å². The molecular weight excluding hydrogens is 324 g/mol. The van der Waals surface area contributed by atoms with E-state index >= 15 is 0 Å². The summed E-state index contributed by atoms with van der Waals surface area (Å²) in [6.07, 6.45) is 0. The summed E-state index contributed by atoms with van der Waals surface area (Å²) in [6.45, 7) is 4.36. The Morgan fingerprint density at radius 3 is 2.59 bits per heavy atom. The molecule has 1 heterocycles. The lowest BCUT2D eigenvalue weighted by Crippen LogP contribution is -2.39. The van der Waals surface area contributed by atoms with Crippen LogP contribution < -0.4 is 5.73 Å². The van der Waals surface area contributed by atoms with E-state index in [1.165, 1.54) is 0 Å². The van der Waals surface area contributed by atoms with Crippen LogP contribution in [0.15, 0.2) is 15.2 Å². The van der Waals surface area contributed by atoms with E-state index in [1.807, 2.05) is 32.3 Å². The first kappa shape index (κ1) is 16.9. The normalized spacial score (nSPS) is 13.7. The van der Waals surface area contributed by atoms with Crippen molar-refractivity contribution in [2.24, 2.45) is 11.7 Å². The number of rotatable bonds is 4. The van der Waals surface area contributed by atoms with Crippen LogP contribution in [-0.2, 0) is 11.3 Å². The van der Waals surface area contributed by atoms with Crippen LogP contribution in [0.2, 0.25) is 0 Å². The molecule has 0 aliphatic carbocycles. The predicted molar refractivity (Wildman–Crippen MR) is 78.6 cm³/mol. The maximum Gasteiger partial charge on any atom is 0.226 e. The van der Waals surface area contributed by atoms with Gasteiger partial charge in [-0.25, -0.2) is 0 Å². The van der Waals surface area contributed by atoms with Gasteiger partial charge in [0.25, 0.3) is 0 Å². The minimum Gasteiger partial charge on any atom is -0.341 e. The minimum atomic E-state index is -0.132. The summed E-state index contributed by atoms with van der Waals surface area (Å²) < 4.78 is 1.09.